The number of carbonyl (C=O) groups is 1. The molecule has 0 bridgehead atoms. The van der Waals surface area contributed by atoms with Crippen molar-refractivity contribution < 1.29 is 4.79 Å². The second kappa shape index (κ2) is 17.0. The summed E-state index contributed by atoms with van der Waals surface area (Å²) >= 11 is 0. The van der Waals surface area contributed by atoms with Crippen LogP contribution in [0, 0.1) is 0 Å². The standard InChI is InChI=1S/C23H42O/c1-5-6-7-8-9-10-11-12-13-14-15-16-17-18-22(4)20-23(24)19-21(2)3/h19-20H,5-18H2,1-4H3. The van der Waals surface area contributed by atoms with E-state index in [-0.39, 0.29) is 5.78 Å². The first kappa shape index (κ1) is 23.1. The summed E-state index contributed by atoms with van der Waals surface area (Å²) in [6, 6.07) is 0. The summed E-state index contributed by atoms with van der Waals surface area (Å²) in [5, 5.41) is 0. The third-order valence-electron chi connectivity index (χ3n) is 4.49. The molecule has 0 aromatic rings. The van der Waals surface area contributed by atoms with Gasteiger partial charge in [0.05, 0.1) is 0 Å². The monoisotopic (exact) mass is 334 g/mol. The third-order valence-corrected chi connectivity index (χ3v) is 4.49. The van der Waals surface area contributed by atoms with E-state index in [1.165, 1.54) is 89.0 Å². The zero-order valence-electron chi connectivity index (χ0n) is 17.0. The number of hydrogen-bond donors (Lipinski definition) is 0. The molecule has 0 radical (unpaired) electrons. The van der Waals surface area contributed by atoms with E-state index in [1.54, 1.807) is 12.2 Å². The van der Waals surface area contributed by atoms with Gasteiger partial charge in [0.2, 0.25) is 0 Å². The maximum Gasteiger partial charge on any atom is 0.178 e. The molecule has 0 unspecified atom stereocenters. The maximum atomic E-state index is 11.6. The van der Waals surface area contributed by atoms with Crippen LogP contribution >= 0.6 is 0 Å². The van der Waals surface area contributed by atoms with Crippen LogP contribution in [0.4, 0.5) is 0 Å². The number of allylic oxidation sites excluding steroid dienone is 4. The van der Waals surface area contributed by atoms with Crippen molar-refractivity contribution >= 4 is 5.78 Å². The van der Waals surface area contributed by atoms with E-state index in [9.17, 15) is 4.79 Å². The lowest BCUT2D eigenvalue weighted by Crippen LogP contribution is -1.90. The Morgan fingerprint density at radius 3 is 1.46 bits per heavy atom. The molecule has 0 amide bonds. The van der Waals surface area contributed by atoms with Gasteiger partial charge in [-0.1, -0.05) is 95.1 Å². The van der Waals surface area contributed by atoms with E-state index in [0.717, 1.165) is 12.0 Å². The highest BCUT2D eigenvalue weighted by Crippen LogP contribution is 2.14. The maximum absolute atomic E-state index is 11.6. The first-order chi connectivity index (χ1) is 11.6. The van der Waals surface area contributed by atoms with Crippen molar-refractivity contribution in [3.05, 3.63) is 23.3 Å². The summed E-state index contributed by atoms with van der Waals surface area (Å²) in [4.78, 5) is 11.6. The van der Waals surface area contributed by atoms with Gasteiger partial charge in [-0.25, -0.2) is 0 Å². The van der Waals surface area contributed by atoms with Crippen LogP contribution in [-0.2, 0) is 4.79 Å². The molecule has 1 nitrogen and oxygen atoms in total. The Morgan fingerprint density at radius 2 is 1.04 bits per heavy atom. The molecule has 1 heteroatoms. The molecule has 24 heavy (non-hydrogen) atoms. The number of ketones is 1. The molecule has 0 aromatic heterocycles. The minimum atomic E-state index is 0.141. The fourth-order valence-corrected chi connectivity index (χ4v) is 3.06. The van der Waals surface area contributed by atoms with Crippen molar-refractivity contribution in [3.8, 4) is 0 Å². The Balaban J connectivity index is 3.37. The van der Waals surface area contributed by atoms with Gasteiger partial charge < -0.3 is 0 Å². The van der Waals surface area contributed by atoms with Crippen molar-refractivity contribution in [2.45, 2.75) is 118 Å². The Kier molecular flexibility index (Phi) is 16.4. The Morgan fingerprint density at radius 1 is 0.625 bits per heavy atom. The van der Waals surface area contributed by atoms with Gasteiger partial charge in [-0.05, 0) is 45.8 Å². The SMILES string of the molecule is CCCCCCCCCCCCCCCC(C)=CC(=O)C=C(C)C. The van der Waals surface area contributed by atoms with Crippen LogP contribution in [0.25, 0.3) is 0 Å². The van der Waals surface area contributed by atoms with Gasteiger partial charge in [0.1, 0.15) is 0 Å². The highest BCUT2D eigenvalue weighted by atomic mass is 16.1. The minimum Gasteiger partial charge on any atom is -0.290 e. The lowest BCUT2D eigenvalue weighted by atomic mass is 10.0. The van der Waals surface area contributed by atoms with Crippen molar-refractivity contribution in [2.75, 3.05) is 0 Å². The lowest BCUT2D eigenvalue weighted by molar-refractivity contribution is -0.110. The molecule has 0 aliphatic rings. The molecule has 0 aliphatic heterocycles. The van der Waals surface area contributed by atoms with E-state index in [4.69, 9.17) is 0 Å². The molecule has 0 heterocycles. The summed E-state index contributed by atoms with van der Waals surface area (Å²) < 4.78 is 0. The normalized spacial score (nSPS) is 11.6. The Labute approximate surface area is 152 Å². The zero-order valence-corrected chi connectivity index (χ0v) is 17.0. The molecule has 0 N–H and O–H groups in total. The van der Waals surface area contributed by atoms with Gasteiger partial charge in [-0.2, -0.15) is 0 Å². The largest absolute Gasteiger partial charge is 0.290 e. The highest BCUT2D eigenvalue weighted by Gasteiger charge is 1.97. The first-order valence-electron chi connectivity index (χ1n) is 10.4. The molecular formula is C23H42O. The van der Waals surface area contributed by atoms with Crippen LogP contribution in [0.15, 0.2) is 23.3 Å². The molecule has 0 aromatic carbocycles. The Hall–Kier alpha value is -0.850. The quantitative estimate of drug-likeness (QED) is 0.207. The predicted molar refractivity (Wildman–Crippen MR) is 109 cm³/mol. The predicted octanol–water partition coefficient (Wildman–Crippen LogP) is 7.95. The molecule has 0 atom stereocenters. The zero-order chi connectivity index (χ0) is 18.0. The third kappa shape index (κ3) is 17.5. The van der Waals surface area contributed by atoms with Gasteiger partial charge in [0.15, 0.2) is 5.78 Å². The van der Waals surface area contributed by atoms with Crippen LogP contribution in [-0.4, -0.2) is 5.78 Å². The number of hydrogen-bond acceptors (Lipinski definition) is 1. The fraction of sp³-hybridized carbons (Fsp3) is 0.783. The van der Waals surface area contributed by atoms with E-state index < -0.39 is 0 Å². The highest BCUT2D eigenvalue weighted by molar-refractivity contribution is 5.99. The number of carbonyl (C=O) groups excluding carboxylic acids is 1. The summed E-state index contributed by atoms with van der Waals surface area (Å²) in [5.74, 6) is 0.141. The van der Waals surface area contributed by atoms with Crippen LogP contribution in [0.5, 0.6) is 0 Å². The average Bonchev–Trinajstić information content (AvgIpc) is 2.51. The van der Waals surface area contributed by atoms with E-state index in [2.05, 4.69) is 13.8 Å². The molecule has 0 spiro atoms. The molecule has 0 aliphatic carbocycles. The van der Waals surface area contributed by atoms with Gasteiger partial charge in [0.25, 0.3) is 0 Å². The molecule has 0 fully saturated rings. The Bertz CT molecular complexity index is 358. The minimum absolute atomic E-state index is 0.141. The van der Waals surface area contributed by atoms with Gasteiger partial charge in [0, 0.05) is 0 Å². The van der Waals surface area contributed by atoms with Gasteiger partial charge in [-0.3, -0.25) is 4.79 Å². The smallest absolute Gasteiger partial charge is 0.178 e. The van der Waals surface area contributed by atoms with Crippen LogP contribution in [0.1, 0.15) is 118 Å². The fourth-order valence-electron chi connectivity index (χ4n) is 3.06. The van der Waals surface area contributed by atoms with E-state index >= 15 is 0 Å². The molecule has 0 rings (SSSR count). The summed E-state index contributed by atoms with van der Waals surface area (Å²) in [5.41, 5.74) is 2.30. The summed E-state index contributed by atoms with van der Waals surface area (Å²) in [6.07, 6.45) is 22.6. The van der Waals surface area contributed by atoms with E-state index in [0.29, 0.717) is 0 Å². The lowest BCUT2D eigenvalue weighted by Gasteiger charge is -2.03. The van der Waals surface area contributed by atoms with Gasteiger partial charge >= 0.3 is 0 Å². The summed E-state index contributed by atoms with van der Waals surface area (Å²) in [6.45, 7) is 8.29. The van der Waals surface area contributed by atoms with Crippen LogP contribution in [0.3, 0.4) is 0 Å². The average molecular weight is 335 g/mol. The second-order valence-corrected chi connectivity index (χ2v) is 7.61. The first-order valence-corrected chi connectivity index (χ1v) is 10.4. The van der Waals surface area contributed by atoms with Crippen LogP contribution < -0.4 is 0 Å². The molecule has 140 valence electrons. The number of unbranched alkanes of at least 4 members (excludes halogenated alkanes) is 12. The summed E-state index contributed by atoms with van der Waals surface area (Å²) in [7, 11) is 0. The van der Waals surface area contributed by atoms with Crippen LogP contribution in [0.2, 0.25) is 0 Å². The van der Waals surface area contributed by atoms with Crippen molar-refractivity contribution in [3.63, 3.8) is 0 Å². The van der Waals surface area contributed by atoms with Crippen molar-refractivity contribution in [1.82, 2.24) is 0 Å². The number of rotatable bonds is 16. The van der Waals surface area contributed by atoms with Crippen molar-refractivity contribution in [1.29, 1.82) is 0 Å². The van der Waals surface area contributed by atoms with Crippen molar-refractivity contribution in [2.24, 2.45) is 0 Å². The molecule has 0 saturated carbocycles. The molecular weight excluding hydrogens is 292 g/mol. The van der Waals surface area contributed by atoms with E-state index in [1.807, 2.05) is 13.8 Å². The molecule has 0 saturated heterocycles. The topological polar surface area (TPSA) is 17.1 Å². The second-order valence-electron chi connectivity index (χ2n) is 7.61. The van der Waals surface area contributed by atoms with Gasteiger partial charge in [-0.15, -0.1) is 0 Å².